The minimum Gasteiger partial charge on any atom is -0.493 e. The number of benzene rings is 1. The Morgan fingerprint density at radius 3 is 2.83 bits per heavy atom. The number of fused-ring (bicyclic) bond motifs is 1. The van der Waals surface area contributed by atoms with Crippen LogP contribution >= 0.6 is 0 Å². The van der Waals surface area contributed by atoms with Crippen molar-refractivity contribution in [1.82, 2.24) is 9.88 Å². The van der Waals surface area contributed by atoms with Crippen LogP contribution in [0.5, 0.6) is 11.5 Å². The predicted octanol–water partition coefficient (Wildman–Crippen LogP) is 2.07. The second kappa shape index (κ2) is 6.15. The number of nitrogens with two attached hydrogens (primary N) is 1. The highest BCUT2D eigenvalue weighted by atomic mass is 16.5. The van der Waals surface area contributed by atoms with Gasteiger partial charge in [0.05, 0.1) is 19.8 Å². The number of anilines is 1. The first-order chi connectivity index (χ1) is 11.2. The van der Waals surface area contributed by atoms with Crippen LogP contribution in [0, 0.1) is 11.3 Å². The summed E-state index contributed by atoms with van der Waals surface area (Å²) in [6.07, 6.45) is 1.76. The van der Waals surface area contributed by atoms with Crippen molar-refractivity contribution in [1.29, 1.82) is 5.26 Å². The highest BCUT2D eigenvalue weighted by Gasteiger charge is 2.25. The minimum absolute atomic E-state index is 0.298. The molecule has 0 bridgehead atoms. The van der Waals surface area contributed by atoms with E-state index in [4.69, 9.17) is 15.2 Å². The van der Waals surface area contributed by atoms with Gasteiger partial charge >= 0.3 is 0 Å². The summed E-state index contributed by atoms with van der Waals surface area (Å²) in [5.74, 6) is 1.75. The number of nitrogens with zero attached hydrogens (tertiary/aromatic N) is 3. The van der Waals surface area contributed by atoms with Gasteiger partial charge in [-0.1, -0.05) is 12.1 Å². The number of aromatic nitrogens is 1. The maximum Gasteiger partial charge on any atom is 0.165 e. The first kappa shape index (κ1) is 15.1. The largest absolute Gasteiger partial charge is 0.493 e. The van der Waals surface area contributed by atoms with E-state index in [9.17, 15) is 5.26 Å². The third kappa shape index (κ3) is 2.67. The number of para-hydroxylation sites is 1. The van der Waals surface area contributed by atoms with Gasteiger partial charge in [-0.15, -0.1) is 0 Å². The van der Waals surface area contributed by atoms with Gasteiger partial charge in [0.15, 0.2) is 11.5 Å². The number of ether oxygens (including phenoxy) is 2. The number of nitriles is 1. The van der Waals surface area contributed by atoms with Gasteiger partial charge in [-0.05, 0) is 17.2 Å². The van der Waals surface area contributed by atoms with Gasteiger partial charge in [0.25, 0.3) is 0 Å². The average molecular weight is 310 g/mol. The maximum absolute atomic E-state index is 9.28. The number of hydrogen-bond donors (Lipinski definition) is 1. The number of nitrogen functional groups attached to an aromatic ring is 1. The van der Waals surface area contributed by atoms with Crippen molar-refractivity contribution in [2.75, 3.05) is 20.0 Å². The number of methoxy groups -OCH3 is 2. The summed E-state index contributed by atoms with van der Waals surface area (Å²) >= 11 is 0. The van der Waals surface area contributed by atoms with Crippen molar-refractivity contribution in [3.63, 3.8) is 0 Å². The van der Waals surface area contributed by atoms with Gasteiger partial charge in [0.2, 0.25) is 0 Å². The summed E-state index contributed by atoms with van der Waals surface area (Å²) in [5.41, 5.74) is 9.35. The summed E-state index contributed by atoms with van der Waals surface area (Å²) < 4.78 is 10.8. The molecule has 1 aliphatic rings. The monoisotopic (exact) mass is 310 g/mol. The van der Waals surface area contributed by atoms with E-state index < -0.39 is 0 Å². The molecule has 0 fully saturated rings. The molecule has 23 heavy (non-hydrogen) atoms. The molecule has 0 aliphatic carbocycles. The number of pyridine rings is 1. The van der Waals surface area contributed by atoms with E-state index in [2.05, 4.69) is 16.0 Å². The Balaban J connectivity index is 1.86. The lowest BCUT2D eigenvalue weighted by atomic mass is 10.1. The second-order valence-corrected chi connectivity index (χ2v) is 5.43. The molecule has 1 aromatic heterocycles. The van der Waals surface area contributed by atoms with Crippen molar-refractivity contribution < 1.29 is 9.47 Å². The first-order valence-electron chi connectivity index (χ1n) is 7.26. The molecule has 0 atom stereocenters. The topological polar surface area (TPSA) is 84.4 Å². The van der Waals surface area contributed by atoms with Crippen LogP contribution in [0.2, 0.25) is 0 Å². The van der Waals surface area contributed by atoms with E-state index in [0.29, 0.717) is 30.2 Å². The Hall–Kier alpha value is -2.78. The Morgan fingerprint density at radius 1 is 1.30 bits per heavy atom. The van der Waals surface area contributed by atoms with Crippen LogP contribution in [0.15, 0.2) is 24.4 Å². The molecule has 3 rings (SSSR count). The van der Waals surface area contributed by atoms with E-state index in [-0.39, 0.29) is 0 Å². The SMILES string of the molecule is COc1cccc(CN2Cc3cnc(N)c(C#N)c3C2)c1OC. The maximum atomic E-state index is 9.28. The molecular formula is C17H18N4O2. The summed E-state index contributed by atoms with van der Waals surface area (Å²) in [6, 6.07) is 8.00. The van der Waals surface area contributed by atoms with E-state index in [1.807, 2.05) is 18.2 Å². The van der Waals surface area contributed by atoms with Crippen LogP contribution in [0.25, 0.3) is 0 Å². The normalized spacial score (nSPS) is 13.4. The highest BCUT2D eigenvalue weighted by molar-refractivity contribution is 5.56. The minimum atomic E-state index is 0.298. The molecule has 6 nitrogen and oxygen atoms in total. The standard InChI is InChI=1S/C17H18N4O2/c1-22-15-5-3-4-11(16(15)23-2)8-21-9-12-7-20-17(19)13(6-18)14(12)10-21/h3-5,7H,8-10H2,1-2H3,(H2,19,20). The zero-order valence-electron chi connectivity index (χ0n) is 13.2. The molecule has 0 saturated heterocycles. The van der Waals surface area contributed by atoms with Gasteiger partial charge in [0.1, 0.15) is 11.9 Å². The van der Waals surface area contributed by atoms with Crippen molar-refractivity contribution in [3.05, 3.63) is 46.6 Å². The Kier molecular flexibility index (Phi) is 4.04. The Labute approximate surface area is 135 Å². The summed E-state index contributed by atoms with van der Waals surface area (Å²) in [7, 11) is 3.26. The molecule has 0 radical (unpaired) electrons. The van der Waals surface area contributed by atoms with Gasteiger partial charge in [-0.3, -0.25) is 4.90 Å². The molecule has 0 spiro atoms. The lowest BCUT2D eigenvalue weighted by Gasteiger charge is -2.18. The van der Waals surface area contributed by atoms with Crippen LogP contribution in [-0.2, 0) is 19.6 Å². The van der Waals surface area contributed by atoms with Crippen molar-refractivity contribution in [2.24, 2.45) is 0 Å². The smallest absolute Gasteiger partial charge is 0.165 e. The lowest BCUT2D eigenvalue weighted by molar-refractivity contribution is 0.267. The lowest BCUT2D eigenvalue weighted by Crippen LogP contribution is -2.16. The molecule has 2 aromatic rings. The highest BCUT2D eigenvalue weighted by Crippen LogP contribution is 2.34. The third-order valence-corrected chi connectivity index (χ3v) is 4.07. The summed E-state index contributed by atoms with van der Waals surface area (Å²) in [6.45, 7) is 2.10. The van der Waals surface area contributed by atoms with Gasteiger partial charge in [-0.2, -0.15) is 5.26 Å². The fourth-order valence-corrected chi connectivity index (χ4v) is 3.00. The third-order valence-electron chi connectivity index (χ3n) is 4.07. The molecule has 6 heteroatoms. The fraction of sp³-hybridized carbons (Fsp3) is 0.294. The van der Waals surface area contributed by atoms with Crippen LogP contribution in [-0.4, -0.2) is 24.1 Å². The average Bonchev–Trinajstić information content (AvgIpc) is 2.97. The van der Waals surface area contributed by atoms with Crippen LogP contribution in [0.4, 0.5) is 5.82 Å². The van der Waals surface area contributed by atoms with Gasteiger partial charge in [-0.25, -0.2) is 4.98 Å². The van der Waals surface area contributed by atoms with Crippen LogP contribution in [0.3, 0.4) is 0 Å². The Bertz CT molecular complexity index is 783. The van der Waals surface area contributed by atoms with E-state index in [1.54, 1.807) is 20.4 Å². The molecule has 1 aromatic carbocycles. The second-order valence-electron chi connectivity index (χ2n) is 5.43. The van der Waals surface area contributed by atoms with Crippen molar-refractivity contribution >= 4 is 5.82 Å². The predicted molar refractivity (Wildman–Crippen MR) is 85.9 cm³/mol. The van der Waals surface area contributed by atoms with E-state index in [1.165, 1.54) is 0 Å². The zero-order valence-corrected chi connectivity index (χ0v) is 13.2. The van der Waals surface area contributed by atoms with E-state index >= 15 is 0 Å². The molecule has 2 heterocycles. The molecule has 2 N–H and O–H groups in total. The summed E-state index contributed by atoms with van der Waals surface area (Å²) in [5, 5.41) is 9.28. The van der Waals surface area contributed by atoms with Gasteiger partial charge in [0, 0.05) is 31.4 Å². The van der Waals surface area contributed by atoms with Gasteiger partial charge < -0.3 is 15.2 Å². The van der Waals surface area contributed by atoms with Crippen LogP contribution < -0.4 is 15.2 Å². The first-order valence-corrected chi connectivity index (χ1v) is 7.26. The van der Waals surface area contributed by atoms with Crippen molar-refractivity contribution in [3.8, 4) is 17.6 Å². The zero-order chi connectivity index (χ0) is 16.4. The molecule has 0 amide bonds. The molecule has 0 unspecified atom stereocenters. The number of rotatable bonds is 4. The number of hydrogen-bond acceptors (Lipinski definition) is 6. The Morgan fingerprint density at radius 2 is 2.13 bits per heavy atom. The molecule has 0 saturated carbocycles. The van der Waals surface area contributed by atoms with Crippen molar-refractivity contribution in [2.45, 2.75) is 19.6 Å². The molecule has 1 aliphatic heterocycles. The fourth-order valence-electron chi connectivity index (χ4n) is 3.00. The molecular weight excluding hydrogens is 292 g/mol. The quantitative estimate of drug-likeness (QED) is 0.930. The summed E-state index contributed by atoms with van der Waals surface area (Å²) in [4.78, 5) is 6.33. The molecule has 118 valence electrons. The van der Waals surface area contributed by atoms with Crippen LogP contribution in [0.1, 0.15) is 22.3 Å². The van der Waals surface area contributed by atoms with E-state index in [0.717, 1.165) is 29.0 Å².